The van der Waals surface area contributed by atoms with Gasteiger partial charge in [0.2, 0.25) is 0 Å². The summed E-state index contributed by atoms with van der Waals surface area (Å²) in [7, 11) is 0. The quantitative estimate of drug-likeness (QED) is 0.479. The van der Waals surface area contributed by atoms with Crippen molar-refractivity contribution in [3.05, 3.63) is 65.2 Å². The molecule has 0 saturated heterocycles. The van der Waals surface area contributed by atoms with Crippen LogP contribution < -0.4 is 10.1 Å². The summed E-state index contributed by atoms with van der Waals surface area (Å²) in [6.07, 6.45) is -3.56. The van der Waals surface area contributed by atoms with Crippen LogP contribution in [0, 0.1) is 0 Å². The van der Waals surface area contributed by atoms with Crippen molar-refractivity contribution < 1.29 is 27.4 Å². The highest BCUT2D eigenvalue weighted by Crippen LogP contribution is 2.29. The number of hydrogen-bond donors (Lipinski definition) is 1. The van der Waals surface area contributed by atoms with Gasteiger partial charge in [0.15, 0.2) is 5.60 Å². The van der Waals surface area contributed by atoms with E-state index in [1.165, 1.54) is 12.1 Å². The number of rotatable bonds is 9. The van der Waals surface area contributed by atoms with Crippen molar-refractivity contribution in [2.75, 3.05) is 13.2 Å². The van der Waals surface area contributed by atoms with Gasteiger partial charge in [0, 0.05) is 6.54 Å². The standard InChI is InChI=1S/C22H26F3NO3/c1-4-28-20(27)21(2,3)29-19-11-7-16(8-12-19)13-14-26-15-17-5-9-18(10-6-17)22(23,24)25/h5-12,26H,4,13-15H2,1-3H3. The first-order valence-electron chi connectivity index (χ1n) is 9.44. The van der Waals surface area contributed by atoms with Gasteiger partial charge in [-0.2, -0.15) is 13.2 Å². The predicted molar refractivity (Wildman–Crippen MR) is 105 cm³/mol. The van der Waals surface area contributed by atoms with Gasteiger partial charge in [-0.25, -0.2) is 4.79 Å². The molecule has 7 heteroatoms. The van der Waals surface area contributed by atoms with Crippen molar-refractivity contribution in [3.63, 3.8) is 0 Å². The monoisotopic (exact) mass is 409 g/mol. The molecule has 2 rings (SSSR count). The fourth-order valence-corrected chi connectivity index (χ4v) is 2.64. The normalized spacial score (nSPS) is 11.9. The number of nitrogens with one attached hydrogen (secondary N) is 1. The van der Waals surface area contributed by atoms with Crippen LogP contribution in [0.25, 0.3) is 0 Å². The number of halogens is 3. The van der Waals surface area contributed by atoms with Gasteiger partial charge in [0.1, 0.15) is 5.75 Å². The highest BCUT2D eigenvalue weighted by atomic mass is 19.4. The summed E-state index contributed by atoms with van der Waals surface area (Å²) >= 11 is 0. The Balaban J connectivity index is 1.78. The minimum Gasteiger partial charge on any atom is -0.476 e. The van der Waals surface area contributed by atoms with Crippen molar-refractivity contribution in [1.29, 1.82) is 0 Å². The zero-order valence-corrected chi connectivity index (χ0v) is 16.8. The molecule has 0 atom stereocenters. The summed E-state index contributed by atoms with van der Waals surface area (Å²) in [5.41, 5.74) is 0.157. The minimum atomic E-state index is -4.31. The van der Waals surface area contributed by atoms with Crippen LogP contribution in [-0.2, 0) is 28.7 Å². The fourth-order valence-electron chi connectivity index (χ4n) is 2.64. The average Bonchev–Trinajstić information content (AvgIpc) is 2.66. The second-order valence-corrected chi connectivity index (χ2v) is 7.10. The lowest BCUT2D eigenvalue weighted by Gasteiger charge is -2.24. The van der Waals surface area contributed by atoms with Gasteiger partial charge in [0.25, 0.3) is 0 Å². The Morgan fingerprint density at radius 2 is 1.55 bits per heavy atom. The molecule has 158 valence electrons. The lowest BCUT2D eigenvalue weighted by Crippen LogP contribution is -2.39. The van der Waals surface area contributed by atoms with E-state index in [-0.39, 0.29) is 0 Å². The van der Waals surface area contributed by atoms with Crippen LogP contribution in [0.1, 0.15) is 37.5 Å². The average molecular weight is 409 g/mol. The summed E-state index contributed by atoms with van der Waals surface area (Å²) in [6, 6.07) is 12.6. The van der Waals surface area contributed by atoms with Crippen molar-refractivity contribution in [2.45, 2.75) is 45.5 Å². The molecule has 4 nitrogen and oxygen atoms in total. The maximum atomic E-state index is 12.6. The molecule has 0 heterocycles. The lowest BCUT2D eigenvalue weighted by atomic mass is 10.1. The first kappa shape index (κ1) is 22.7. The Labute approximate surface area is 169 Å². The first-order valence-corrected chi connectivity index (χ1v) is 9.44. The molecule has 0 amide bonds. The van der Waals surface area contributed by atoms with Crippen LogP contribution in [0.15, 0.2) is 48.5 Å². The Morgan fingerprint density at radius 1 is 0.966 bits per heavy atom. The van der Waals surface area contributed by atoms with Crippen LogP contribution in [0.4, 0.5) is 13.2 Å². The summed E-state index contributed by atoms with van der Waals surface area (Å²) in [4.78, 5) is 11.9. The van der Waals surface area contributed by atoms with E-state index >= 15 is 0 Å². The van der Waals surface area contributed by atoms with E-state index in [9.17, 15) is 18.0 Å². The van der Waals surface area contributed by atoms with Gasteiger partial charge >= 0.3 is 12.1 Å². The molecule has 0 bridgehead atoms. The van der Waals surface area contributed by atoms with E-state index in [0.29, 0.717) is 25.4 Å². The minimum absolute atomic E-state index is 0.296. The van der Waals surface area contributed by atoms with Crippen molar-refractivity contribution in [3.8, 4) is 5.75 Å². The number of carbonyl (C=O) groups excluding carboxylic acids is 1. The molecule has 0 aliphatic carbocycles. The van der Waals surface area contributed by atoms with Crippen molar-refractivity contribution in [2.24, 2.45) is 0 Å². The molecule has 0 spiro atoms. The molecule has 0 aliphatic rings. The van der Waals surface area contributed by atoms with Gasteiger partial charge in [-0.3, -0.25) is 0 Å². The van der Waals surface area contributed by atoms with E-state index in [2.05, 4.69) is 5.32 Å². The van der Waals surface area contributed by atoms with Gasteiger partial charge in [-0.1, -0.05) is 24.3 Å². The molecule has 2 aromatic rings. The largest absolute Gasteiger partial charge is 0.476 e. The topological polar surface area (TPSA) is 47.6 Å². The van der Waals surface area contributed by atoms with Gasteiger partial charge in [-0.05, 0) is 69.1 Å². The SMILES string of the molecule is CCOC(=O)C(C)(C)Oc1ccc(CCNCc2ccc(C(F)(F)F)cc2)cc1. The highest BCUT2D eigenvalue weighted by molar-refractivity contribution is 5.79. The second kappa shape index (κ2) is 9.78. The molecule has 0 saturated carbocycles. The molecule has 0 unspecified atom stereocenters. The van der Waals surface area contributed by atoms with E-state index in [1.807, 2.05) is 12.1 Å². The van der Waals surface area contributed by atoms with Crippen LogP contribution in [0.3, 0.4) is 0 Å². The molecule has 0 radical (unpaired) electrons. The maximum Gasteiger partial charge on any atom is 0.416 e. The van der Waals surface area contributed by atoms with Crippen LogP contribution in [-0.4, -0.2) is 24.7 Å². The van der Waals surface area contributed by atoms with E-state index in [0.717, 1.165) is 29.7 Å². The third kappa shape index (κ3) is 7.09. The molecular formula is C22H26F3NO3. The third-order valence-electron chi connectivity index (χ3n) is 4.26. The van der Waals surface area contributed by atoms with Crippen LogP contribution >= 0.6 is 0 Å². The summed E-state index contributed by atoms with van der Waals surface area (Å²) in [5.74, 6) is 0.154. The molecular weight excluding hydrogens is 383 g/mol. The molecule has 0 aliphatic heterocycles. The smallest absolute Gasteiger partial charge is 0.416 e. The second-order valence-electron chi connectivity index (χ2n) is 7.10. The molecule has 0 fully saturated rings. The summed E-state index contributed by atoms with van der Waals surface area (Å²) < 4.78 is 48.4. The maximum absolute atomic E-state index is 12.6. The highest BCUT2D eigenvalue weighted by Gasteiger charge is 2.31. The Hall–Kier alpha value is -2.54. The van der Waals surface area contributed by atoms with Crippen LogP contribution in [0.5, 0.6) is 5.75 Å². The number of benzene rings is 2. The van der Waals surface area contributed by atoms with E-state index in [4.69, 9.17) is 9.47 Å². The number of ether oxygens (including phenoxy) is 2. The first-order chi connectivity index (χ1) is 13.6. The third-order valence-corrected chi connectivity index (χ3v) is 4.26. The Bertz CT molecular complexity index is 784. The van der Waals surface area contributed by atoms with Crippen molar-refractivity contribution >= 4 is 5.97 Å². The number of carbonyl (C=O) groups is 1. The molecule has 2 aromatic carbocycles. The Morgan fingerprint density at radius 3 is 2.10 bits per heavy atom. The Kier molecular flexibility index (Phi) is 7.67. The van der Waals surface area contributed by atoms with E-state index < -0.39 is 23.3 Å². The molecule has 0 aromatic heterocycles. The van der Waals surface area contributed by atoms with E-state index in [1.54, 1.807) is 32.9 Å². The van der Waals surface area contributed by atoms with Gasteiger partial charge in [-0.15, -0.1) is 0 Å². The lowest BCUT2D eigenvalue weighted by molar-refractivity contribution is -0.158. The molecule has 1 N–H and O–H groups in total. The van der Waals surface area contributed by atoms with Gasteiger partial charge < -0.3 is 14.8 Å². The number of alkyl halides is 3. The fraction of sp³-hybridized carbons (Fsp3) is 0.409. The number of esters is 1. The zero-order valence-electron chi connectivity index (χ0n) is 16.8. The predicted octanol–water partition coefficient (Wildman–Crippen LogP) is 4.76. The number of hydrogen-bond acceptors (Lipinski definition) is 4. The summed E-state index contributed by atoms with van der Waals surface area (Å²) in [6.45, 7) is 6.52. The van der Waals surface area contributed by atoms with Crippen LogP contribution in [0.2, 0.25) is 0 Å². The zero-order chi connectivity index (χ0) is 21.5. The van der Waals surface area contributed by atoms with Crippen molar-refractivity contribution in [1.82, 2.24) is 5.32 Å². The van der Waals surface area contributed by atoms with Gasteiger partial charge in [0.05, 0.1) is 12.2 Å². The molecule has 29 heavy (non-hydrogen) atoms. The summed E-state index contributed by atoms with van der Waals surface area (Å²) in [5, 5.41) is 3.22.